The predicted molar refractivity (Wildman–Crippen MR) is 125 cm³/mol. The minimum Gasteiger partial charge on any atom is -0.496 e. The SMILES string of the molecule is COc1cccc(OC)c1C(=O)NC(C)(C)Cc1cccc(C2(C(=O)NC(C)C)CC2)c1. The van der Waals surface area contributed by atoms with Crippen molar-refractivity contribution in [3.8, 4) is 11.5 Å². The van der Waals surface area contributed by atoms with E-state index in [1.165, 1.54) is 14.2 Å². The molecule has 6 nitrogen and oxygen atoms in total. The van der Waals surface area contributed by atoms with E-state index in [1.54, 1.807) is 18.2 Å². The number of hydrogen-bond acceptors (Lipinski definition) is 4. The van der Waals surface area contributed by atoms with Crippen LogP contribution >= 0.6 is 0 Å². The third kappa shape index (κ3) is 5.06. The highest BCUT2D eigenvalue weighted by atomic mass is 16.5. The molecule has 0 heterocycles. The van der Waals surface area contributed by atoms with Gasteiger partial charge in [-0.05, 0) is 70.2 Å². The van der Waals surface area contributed by atoms with Crippen LogP contribution in [0.1, 0.15) is 62.0 Å². The topological polar surface area (TPSA) is 76.7 Å². The summed E-state index contributed by atoms with van der Waals surface area (Å²) >= 11 is 0. The molecular formula is C26H34N2O4. The van der Waals surface area contributed by atoms with Crippen LogP contribution in [0.3, 0.4) is 0 Å². The first-order chi connectivity index (χ1) is 15.1. The Kier molecular flexibility index (Phi) is 6.82. The molecule has 1 fully saturated rings. The Morgan fingerprint density at radius 1 is 1.03 bits per heavy atom. The molecule has 0 aromatic heterocycles. The van der Waals surface area contributed by atoms with Crippen LogP contribution < -0.4 is 20.1 Å². The molecule has 0 radical (unpaired) electrons. The summed E-state index contributed by atoms with van der Waals surface area (Å²) in [6.45, 7) is 7.92. The lowest BCUT2D eigenvalue weighted by Gasteiger charge is -2.28. The second-order valence-corrected chi connectivity index (χ2v) is 9.46. The molecule has 6 heteroatoms. The van der Waals surface area contributed by atoms with Crippen LogP contribution in [0.25, 0.3) is 0 Å². The molecule has 0 atom stereocenters. The van der Waals surface area contributed by atoms with Gasteiger partial charge in [-0.3, -0.25) is 9.59 Å². The van der Waals surface area contributed by atoms with Crippen molar-refractivity contribution in [1.82, 2.24) is 10.6 Å². The standard InChI is InChI=1S/C26H34N2O4/c1-17(2)27-24(30)26(13-14-26)19-10-7-9-18(15-19)16-25(3,4)28-23(29)22-20(31-5)11-8-12-21(22)32-6/h7-12,15,17H,13-14,16H2,1-6H3,(H,27,30)(H,28,29). The molecule has 0 bridgehead atoms. The number of amides is 2. The maximum atomic E-state index is 13.1. The van der Waals surface area contributed by atoms with E-state index < -0.39 is 11.0 Å². The summed E-state index contributed by atoms with van der Waals surface area (Å²) < 4.78 is 10.7. The summed E-state index contributed by atoms with van der Waals surface area (Å²) in [5, 5.41) is 6.17. The van der Waals surface area contributed by atoms with Crippen molar-refractivity contribution in [1.29, 1.82) is 0 Å². The van der Waals surface area contributed by atoms with Gasteiger partial charge in [0.2, 0.25) is 5.91 Å². The Balaban J connectivity index is 1.78. The molecule has 2 aromatic rings. The molecule has 0 spiro atoms. The molecule has 0 unspecified atom stereocenters. The second kappa shape index (κ2) is 9.23. The van der Waals surface area contributed by atoms with Gasteiger partial charge in [-0.15, -0.1) is 0 Å². The third-order valence-electron chi connectivity index (χ3n) is 5.84. The lowest BCUT2D eigenvalue weighted by molar-refractivity contribution is -0.124. The van der Waals surface area contributed by atoms with Crippen LogP contribution in [-0.4, -0.2) is 37.6 Å². The van der Waals surface area contributed by atoms with Gasteiger partial charge in [0.25, 0.3) is 5.91 Å². The Morgan fingerprint density at radius 3 is 2.16 bits per heavy atom. The third-order valence-corrected chi connectivity index (χ3v) is 5.84. The van der Waals surface area contributed by atoms with Crippen molar-refractivity contribution >= 4 is 11.8 Å². The van der Waals surface area contributed by atoms with Gasteiger partial charge in [0.05, 0.1) is 19.6 Å². The highest BCUT2D eigenvalue weighted by Crippen LogP contribution is 2.48. The van der Waals surface area contributed by atoms with Crippen molar-refractivity contribution in [2.45, 2.75) is 64.0 Å². The Hall–Kier alpha value is -3.02. The molecule has 1 aliphatic carbocycles. The highest BCUT2D eigenvalue weighted by molar-refractivity contribution is 6.00. The van der Waals surface area contributed by atoms with Crippen LogP contribution in [0.15, 0.2) is 42.5 Å². The maximum Gasteiger partial charge on any atom is 0.259 e. The van der Waals surface area contributed by atoms with Crippen LogP contribution in [0, 0.1) is 0 Å². The number of benzene rings is 2. The van der Waals surface area contributed by atoms with Crippen molar-refractivity contribution in [2.75, 3.05) is 14.2 Å². The first-order valence-corrected chi connectivity index (χ1v) is 11.1. The van der Waals surface area contributed by atoms with Crippen molar-refractivity contribution < 1.29 is 19.1 Å². The van der Waals surface area contributed by atoms with E-state index in [4.69, 9.17) is 9.47 Å². The molecular weight excluding hydrogens is 404 g/mol. The minimum absolute atomic E-state index is 0.0977. The summed E-state index contributed by atoms with van der Waals surface area (Å²) in [6, 6.07) is 13.5. The van der Waals surface area contributed by atoms with Crippen molar-refractivity contribution in [2.24, 2.45) is 0 Å². The number of ether oxygens (including phenoxy) is 2. The van der Waals surface area contributed by atoms with Gasteiger partial charge >= 0.3 is 0 Å². The average molecular weight is 439 g/mol. The molecule has 32 heavy (non-hydrogen) atoms. The Morgan fingerprint density at radius 2 is 1.62 bits per heavy atom. The van der Waals surface area contributed by atoms with Gasteiger partial charge in [0.15, 0.2) is 0 Å². The van der Waals surface area contributed by atoms with E-state index in [-0.39, 0.29) is 17.9 Å². The highest BCUT2D eigenvalue weighted by Gasteiger charge is 2.51. The summed E-state index contributed by atoms with van der Waals surface area (Å²) in [7, 11) is 3.07. The molecule has 2 amide bonds. The fourth-order valence-electron chi connectivity index (χ4n) is 4.15. The van der Waals surface area contributed by atoms with Gasteiger partial charge in [0, 0.05) is 11.6 Å². The van der Waals surface area contributed by atoms with Gasteiger partial charge in [-0.25, -0.2) is 0 Å². The molecule has 2 N–H and O–H groups in total. The molecule has 1 saturated carbocycles. The monoisotopic (exact) mass is 438 g/mol. The predicted octanol–water partition coefficient (Wildman–Crippen LogP) is 4.01. The quantitative estimate of drug-likeness (QED) is 0.620. The number of carbonyl (C=O) groups is 2. The van der Waals surface area contributed by atoms with E-state index in [2.05, 4.69) is 16.7 Å². The molecule has 0 saturated heterocycles. The summed E-state index contributed by atoms with van der Waals surface area (Å²) in [6.07, 6.45) is 2.34. The molecule has 172 valence electrons. The van der Waals surface area contributed by atoms with Crippen LogP contribution in [0.5, 0.6) is 11.5 Å². The van der Waals surface area contributed by atoms with Crippen LogP contribution in [0.4, 0.5) is 0 Å². The molecule has 3 rings (SSSR count). The van der Waals surface area contributed by atoms with Gasteiger partial charge in [-0.1, -0.05) is 30.3 Å². The molecule has 0 aliphatic heterocycles. The lowest BCUT2D eigenvalue weighted by Crippen LogP contribution is -2.45. The average Bonchev–Trinajstić information content (AvgIpc) is 3.54. The van der Waals surface area contributed by atoms with Crippen LogP contribution in [-0.2, 0) is 16.6 Å². The van der Waals surface area contributed by atoms with E-state index >= 15 is 0 Å². The number of hydrogen-bond donors (Lipinski definition) is 2. The Labute approximate surface area is 190 Å². The fraction of sp³-hybridized carbons (Fsp3) is 0.462. The number of methoxy groups -OCH3 is 2. The maximum absolute atomic E-state index is 13.1. The molecule has 2 aromatic carbocycles. The lowest BCUT2D eigenvalue weighted by atomic mass is 9.89. The van der Waals surface area contributed by atoms with Crippen molar-refractivity contribution in [3.63, 3.8) is 0 Å². The van der Waals surface area contributed by atoms with E-state index in [1.807, 2.05) is 45.9 Å². The number of rotatable bonds is 9. The zero-order valence-corrected chi connectivity index (χ0v) is 19.9. The summed E-state index contributed by atoms with van der Waals surface area (Å²) in [5.41, 5.74) is 1.54. The normalized spacial score (nSPS) is 14.6. The van der Waals surface area contributed by atoms with Gasteiger partial charge < -0.3 is 20.1 Å². The number of carbonyl (C=O) groups excluding carboxylic acids is 2. The smallest absolute Gasteiger partial charge is 0.259 e. The first-order valence-electron chi connectivity index (χ1n) is 11.1. The zero-order chi connectivity index (χ0) is 23.5. The molecule has 1 aliphatic rings. The fourth-order valence-corrected chi connectivity index (χ4v) is 4.15. The van der Waals surface area contributed by atoms with Crippen LogP contribution in [0.2, 0.25) is 0 Å². The largest absolute Gasteiger partial charge is 0.496 e. The zero-order valence-electron chi connectivity index (χ0n) is 19.9. The van der Waals surface area contributed by atoms with Gasteiger partial charge in [-0.2, -0.15) is 0 Å². The minimum atomic E-state index is -0.529. The van der Waals surface area contributed by atoms with E-state index in [0.717, 1.165) is 24.0 Å². The van der Waals surface area contributed by atoms with E-state index in [9.17, 15) is 9.59 Å². The van der Waals surface area contributed by atoms with Crippen molar-refractivity contribution in [3.05, 3.63) is 59.2 Å². The summed E-state index contributed by atoms with van der Waals surface area (Å²) in [5.74, 6) is 0.772. The summed E-state index contributed by atoms with van der Waals surface area (Å²) in [4.78, 5) is 25.9. The second-order valence-electron chi connectivity index (χ2n) is 9.46. The number of nitrogens with one attached hydrogen (secondary N) is 2. The van der Waals surface area contributed by atoms with E-state index in [0.29, 0.717) is 23.5 Å². The Bertz CT molecular complexity index is 971. The first kappa shape index (κ1) is 23.6. The van der Waals surface area contributed by atoms with Gasteiger partial charge in [0.1, 0.15) is 17.1 Å².